The summed E-state index contributed by atoms with van der Waals surface area (Å²) in [6.45, 7) is 5.11. The van der Waals surface area contributed by atoms with E-state index in [1.807, 2.05) is 43.5 Å². The Labute approximate surface area is 208 Å². The molecule has 4 rings (SSSR count). The van der Waals surface area contributed by atoms with E-state index in [4.69, 9.17) is 22.1 Å². The number of thioether (sulfide) groups is 1. The maximum Gasteiger partial charge on any atom is 0.266 e. The Morgan fingerprint density at radius 1 is 1.15 bits per heavy atom. The average molecular weight is 496 g/mol. The molecule has 34 heavy (non-hydrogen) atoms. The third-order valence-corrected chi connectivity index (χ3v) is 6.70. The van der Waals surface area contributed by atoms with Crippen LogP contribution in [0.2, 0.25) is 0 Å². The Hall–Kier alpha value is -2.97. The van der Waals surface area contributed by atoms with Crippen LogP contribution in [0.25, 0.3) is 23.0 Å². The standard InChI is InChI=1S/C26H26FN3O2S2/c1-3-5-13-29-25(31)23(34-26(29)33)16-19-17-30(20-9-7-6-8-10-20)28-24(19)18-11-12-22(21(27)15-18)32-14-4-2/h6-12,15-17H,3-5,13-14H2,1-2H3/b23-16-. The molecule has 0 atom stereocenters. The fraction of sp³-hybridized carbons (Fsp3) is 0.269. The zero-order valence-corrected chi connectivity index (χ0v) is 20.8. The number of rotatable bonds is 9. The quantitative estimate of drug-likeness (QED) is 0.252. The van der Waals surface area contributed by atoms with Crippen LogP contribution >= 0.6 is 24.0 Å². The van der Waals surface area contributed by atoms with E-state index in [1.54, 1.807) is 27.8 Å². The first kappa shape index (κ1) is 24.2. The van der Waals surface area contributed by atoms with Gasteiger partial charge in [0.05, 0.1) is 17.2 Å². The normalized spacial score (nSPS) is 14.9. The lowest BCUT2D eigenvalue weighted by molar-refractivity contribution is -0.122. The zero-order valence-electron chi connectivity index (χ0n) is 19.2. The summed E-state index contributed by atoms with van der Waals surface area (Å²) in [5, 5.41) is 4.74. The van der Waals surface area contributed by atoms with Crippen LogP contribution in [0.3, 0.4) is 0 Å². The zero-order chi connectivity index (χ0) is 24.1. The summed E-state index contributed by atoms with van der Waals surface area (Å²) >= 11 is 6.73. The number of nitrogens with zero attached hydrogens (tertiary/aromatic N) is 3. The van der Waals surface area contributed by atoms with Crippen molar-refractivity contribution in [1.82, 2.24) is 14.7 Å². The highest BCUT2D eigenvalue weighted by Crippen LogP contribution is 2.35. The molecule has 8 heteroatoms. The number of benzene rings is 2. The smallest absolute Gasteiger partial charge is 0.266 e. The molecule has 2 aromatic carbocycles. The minimum atomic E-state index is -0.447. The molecule has 1 aromatic heterocycles. The molecule has 176 valence electrons. The molecule has 0 N–H and O–H groups in total. The highest BCUT2D eigenvalue weighted by Gasteiger charge is 2.32. The molecule has 1 amide bonds. The van der Waals surface area contributed by atoms with Crippen molar-refractivity contribution in [2.24, 2.45) is 0 Å². The lowest BCUT2D eigenvalue weighted by atomic mass is 10.1. The van der Waals surface area contributed by atoms with Crippen molar-refractivity contribution in [2.45, 2.75) is 33.1 Å². The Morgan fingerprint density at radius 2 is 1.94 bits per heavy atom. The molecule has 0 saturated carbocycles. The predicted octanol–water partition coefficient (Wildman–Crippen LogP) is 6.47. The van der Waals surface area contributed by atoms with Crippen molar-refractivity contribution in [3.8, 4) is 22.7 Å². The largest absolute Gasteiger partial charge is 0.491 e. The minimum Gasteiger partial charge on any atom is -0.491 e. The third-order valence-electron chi connectivity index (χ3n) is 5.33. The van der Waals surface area contributed by atoms with Gasteiger partial charge in [0.2, 0.25) is 0 Å². The van der Waals surface area contributed by atoms with Crippen LogP contribution in [-0.2, 0) is 4.79 Å². The number of hydrogen-bond acceptors (Lipinski definition) is 5. The van der Waals surface area contributed by atoms with Crippen LogP contribution < -0.4 is 4.74 Å². The summed E-state index contributed by atoms with van der Waals surface area (Å²) < 4.78 is 22.5. The van der Waals surface area contributed by atoms with Crippen molar-refractivity contribution in [2.75, 3.05) is 13.2 Å². The van der Waals surface area contributed by atoms with Gasteiger partial charge in [-0.05, 0) is 49.2 Å². The van der Waals surface area contributed by atoms with Crippen LogP contribution in [0.5, 0.6) is 5.75 Å². The number of hydrogen-bond donors (Lipinski definition) is 0. The first-order chi connectivity index (χ1) is 16.5. The first-order valence-electron chi connectivity index (χ1n) is 11.3. The Kier molecular flexibility index (Phi) is 7.80. The Morgan fingerprint density at radius 3 is 2.65 bits per heavy atom. The van der Waals surface area contributed by atoms with E-state index in [1.165, 1.54) is 17.8 Å². The van der Waals surface area contributed by atoms with Gasteiger partial charge in [0.15, 0.2) is 11.6 Å². The van der Waals surface area contributed by atoms with Crippen molar-refractivity contribution in [3.63, 3.8) is 0 Å². The summed E-state index contributed by atoms with van der Waals surface area (Å²) in [5.74, 6) is -0.333. The molecule has 0 unspecified atom stereocenters. The van der Waals surface area contributed by atoms with Gasteiger partial charge in [0.25, 0.3) is 5.91 Å². The van der Waals surface area contributed by atoms with E-state index in [0.29, 0.717) is 39.2 Å². The summed E-state index contributed by atoms with van der Waals surface area (Å²) in [7, 11) is 0. The number of para-hydroxylation sites is 1. The fourth-order valence-corrected chi connectivity index (χ4v) is 4.86. The van der Waals surface area contributed by atoms with Crippen LogP contribution in [-0.4, -0.2) is 38.1 Å². The lowest BCUT2D eigenvalue weighted by Crippen LogP contribution is -2.28. The molecule has 5 nitrogen and oxygen atoms in total. The molecular weight excluding hydrogens is 469 g/mol. The van der Waals surface area contributed by atoms with E-state index >= 15 is 0 Å². The topological polar surface area (TPSA) is 47.4 Å². The van der Waals surface area contributed by atoms with E-state index in [-0.39, 0.29) is 11.7 Å². The first-order valence-corrected chi connectivity index (χ1v) is 12.6. The van der Waals surface area contributed by atoms with Crippen LogP contribution in [0.4, 0.5) is 4.39 Å². The molecule has 0 aliphatic carbocycles. The van der Waals surface area contributed by atoms with Gasteiger partial charge in [0.1, 0.15) is 10.0 Å². The van der Waals surface area contributed by atoms with E-state index in [2.05, 4.69) is 6.92 Å². The maximum absolute atomic E-state index is 14.8. The summed E-state index contributed by atoms with van der Waals surface area (Å²) in [6.07, 6.45) is 6.31. The fourth-order valence-electron chi connectivity index (χ4n) is 3.56. The number of halogens is 1. The maximum atomic E-state index is 14.8. The molecule has 2 heterocycles. The lowest BCUT2D eigenvalue weighted by Gasteiger charge is -2.13. The third kappa shape index (κ3) is 5.23. The van der Waals surface area contributed by atoms with Gasteiger partial charge in [-0.15, -0.1) is 0 Å². The van der Waals surface area contributed by atoms with Gasteiger partial charge in [-0.2, -0.15) is 5.10 Å². The van der Waals surface area contributed by atoms with Crippen LogP contribution in [0.15, 0.2) is 59.6 Å². The minimum absolute atomic E-state index is 0.101. The van der Waals surface area contributed by atoms with Crippen molar-refractivity contribution in [3.05, 3.63) is 71.0 Å². The summed E-state index contributed by atoms with van der Waals surface area (Å²) in [6, 6.07) is 14.5. The van der Waals surface area contributed by atoms with Gasteiger partial charge in [0, 0.05) is 23.9 Å². The molecule has 1 saturated heterocycles. The highest BCUT2D eigenvalue weighted by molar-refractivity contribution is 8.26. The molecule has 0 radical (unpaired) electrons. The van der Waals surface area contributed by atoms with E-state index in [9.17, 15) is 9.18 Å². The summed E-state index contributed by atoms with van der Waals surface area (Å²) in [4.78, 5) is 15.2. The second-order valence-corrected chi connectivity index (χ2v) is 9.57. The van der Waals surface area contributed by atoms with Crippen molar-refractivity contribution in [1.29, 1.82) is 0 Å². The van der Waals surface area contributed by atoms with E-state index in [0.717, 1.165) is 24.9 Å². The van der Waals surface area contributed by atoms with Crippen molar-refractivity contribution >= 4 is 40.3 Å². The number of ether oxygens (including phenoxy) is 1. The van der Waals surface area contributed by atoms with Gasteiger partial charge in [-0.1, -0.05) is 62.4 Å². The van der Waals surface area contributed by atoms with Gasteiger partial charge in [-0.25, -0.2) is 9.07 Å². The number of amides is 1. The number of unbranched alkanes of at least 4 members (excludes halogenated alkanes) is 1. The SMILES string of the molecule is CCCCN1C(=O)/C(=C/c2cn(-c3ccccc3)nc2-c2ccc(OCCC)c(F)c2)SC1=S. The molecule has 3 aromatic rings. The van der Waals surface area contributed by atoms with Crippen LogP contribution in [0, 0.1) is 5.82 Å². The molecule has 0 spiro atoms. The molecule has 1 aliphatic heterocycles. The highest BCUT2D eigenvalue weighted by atomic mass is 32.2. The van der Waals surface area contributed by atoms with Crippen molar-refractivity contribution < 1.29 is 13.9 Å². The van der Waals surface area contributed by atoms with Gasteiger partial charge < -0.3 is 4.74 Å². The summed E-state index contributed by atoms with van der Waals surface area (Å²) in [5.41, 5.74) is 2.75. The Balaban J connectivity index is 1.74. The van der Waals surface area contributed by atoms with Gasteiger partial charge in [-0.3, -0.25) is 9.69 Å². The van der Waals surface area contributed by atoms with E-state index < -0.39 is 5.82 Å². The molecule has 1 fully saturated rings. The predicted molar refractivity (Wildman–Crippen MR) is 140 cm³/mol. The molecule has 0 bridgehead atoms. The molecular formula is C26H26FN3O2S2. The number of aromatic nitrogens is 2. The second-order valence-electron chi connectivity index (χ2n) is 7.89. The van der Waals surface area contributed by atoms with Gasteiger partial charge >= 0.3 is 0 Å². The van der Waals surface area contributed by atoms with Crippen LogP contribution in [0.1, 0.15) is 38.7 Å². The average Bonchev–Trinajstić information content (AvgIpc) is 3.38. The number of carbonyl (C=O) groups is 1. The molecule has 1 aliphatic rings. The number of carbonyl (C=O) groups excluding carboxylic acids is 1. The Bertz CT molecular complexity index is 1220. The monoisotopic (exact) mass is 495 g/mol. The second kappa shape index (κ2) is 11.0. The number of thiocarbonyl (C=S) groups is 1.